The molecule has 0 bridgehead atoms. The van der Waals surface area contributed by atoms with Crippen LogP contribution in [0.3, 0.4) is 0 Å². The van der Waals surface area contributed by atoms with Gasteiger partial charge in [0.05, 0.1) is 0 Å². The second-order valence-electron chi connectivity index (χ2n) is 3.23. The third-order valence-corrected chi connectivity index (χ3v) is 1.92. The third kappa shape index (κ3) is 2.27. The first-order valence-corrected chi connectivity index (χ1v) is 4.20. The Hall–Kier alpha value is -1.00. The van der Waals surface area contributed by atoms with Crippen LogP contribution >= 0.6 is 0 Å². The van der Waals surface area contributed by atoms with E-state index in [1.807, 2.05) is 0 Å². The number of ether oxygens (including phenoxy) is 1. The highest BCUT2D eigenvalue weighted by Crippen LogP contribution is 2.20. The van der Waals surface area contributed by atoms with Crippen molar-refractivity contribution in [3.8, 4) is 0 Å². The van der Waals surface area contributed by atoms with Crippen molar-refractivity contribution >= 4 is 0 Å². The molecule has 1 rings (SSSR count). The zero-order chi connectivity index (χ0) is 10.7. The van der Waals surface area contributed by atoms with Gasteiger partial charge in [-0.05, 0) is 31.8 Å². The monoisotopic (exact) mass is 201 g/mol. The van der Waals surface area contributed by atoms with E-state index in [-0.39, 0.29) is 6.23 Å². The highest BCUT2D eigenvalue weighted by atomic mass is 19.2. The van der Waals surface area contributed by atoms with Crippen molar-refractivity contribution in [3.63, 3.8) is 0 Å². The average molecular weight is 201 g/mol. The maximum atomic E-state index is 12.9. The number of nitrogens with zero attached hydrogens (tertiary/aromatic N) is 1. The van der Waals surface area contributed by atoms with Crippen LogP contribution in [0.4, 0.5) is 8.78 Å². The van der Waals surface area contributed by atoms with Gasteiger partial charge in [-0.25, -0.2) is 8.78 Å². The first-order chi connectivity index (χ1) is 6.56. The Morgan fingerprint density at radius 1 is 1.21 bits per heavy atom. The maximum absolute atomic E-state index is 12.9. The molecule has 2 nitrogen and oxygen atoms in total. The second-order valence-corrected chi connectivity index (χ2v) is 3.23. The first kappa shape index (κ1) is 11.1. The lowest BCUT2D eigenvalue weighted by Gasteiger charge is -2.22. The lowest BCUT2D eigenvalue weighted by molar-refractivity contribution is -0.00566. The Labute approximate surface area is 82.1 Å². The summed E-state index contributed by atoms with van der Waals surface area (Å²) in [6.45, 7) is 0. The van der Waals surface area contributed by atoms with Crippen molar-refractivity contribution in [3.05, 3.63) is 35.4 Å². The fourth-order valence-corrected chi connectivity index (χ4v) is 1.31. The Morgan fingerprint density at radius 2 is 1.86 bits per heavy atom. The molecule has 14 heavy (non-hydrogen) atoms. The van der Waals surface area contributed by atoms with Crippen molar-refractivity contribution < 1.29 is 13.5 Å². The van der Waals surface area contributed by atoms with E-state index < -0.39 is 11.6 Å². The van der Waals surface area contributed by atoms with Crippen molar-refractivity contribution in [1.82, 2.24) is 4.90 Å². The van der Waals surface area contributed by atoms with Crippen molar-refractivity contribution in [2.24, 2.45) is 0 Å². The molecular weight excluding hydrogens is 188 g/mol. The van der Waals surface area contributed by atoms with Crippen LogP contribution in [0.1, 0.15) is 11.8 Å². The lowest BCUT2D eigenvalue weighted by Crippen LogP contribution is -2.21. The molecule has 0 N–H and O–H groups in total. The van der Waals surface area contributed by atoms with E-state index in [4.69, 9.17) is 4.74 Å². The molecule has 0 saturated heterocycles. The van der Waals surface area contributed by atoms with E-state index in [0.29, 0.717) is 5.56 Å². The minimum absolute atomic E-state index is 0.356. The molecule has 0 aliphatic rings. The summed E-state index contributed by atoms with van der Waals surface area (Å²) in [6.07, 6.45) is -0.356. The van der Waals surface area contributed by atoms with Gasteiger partial charge in [0.25, 0.3) is 0 Å². The molecule has 1 aromatic carbocycles. The van der Waals surface area contributed by atoms with Crippen LogP contribution < -0.4 is 0 Å². The predicted octanol–water partition coefficient (Wildman–Crippen LogP) is 2.17. The van der Waals surface area contributed by atoms with Gasteiger partial charge in [0.1, 0.15) is 6.23 Å². The van der Waals surface area contributed by atoms with Crippen LogP contribution in [0, 0.1) is 11.6 Å². The first-order valence-electron chi connectivity index (χ1n) is 4.20. The van der Waals surface area contributed by atoms with Gasteiger partial charge in [-0.2, -0.15) is 0 Å². The molecule has 1 aromatic rings. The normalized spacial score (nSPS) is 13.3. The van der Waals surface area contributed by atoms with E-state index in [9.17, 15) is 8.78 Å². The average Bonchev–Trinajstić information content (AvgIpc) is 2.11. The van der Waals surface area contributed by atoms with E-state index in [0.717, 1.165) is 12.1 Å². The summed E-state index contributed by atoms with van der Waals surface area (Å²) >= 11 is 0. The van der Waals surface area contributed by atoms with Gasteiger partial charge < -0.3 is 4.74 Å². The summed E-state index contributed by atoms with van der Waals surface area (Å²) in [5, 5.41) is 0. The Bertz CT molecular complexity index is 315. The van der Waals surface area contributed by atoms with E-state index in [1.165, 1.54) is 13.2 Å². The summed E-state index contributed by atoms with van der Waals surface area (Å²) in [7, 11) is 5.12. The maximum Gasteiger partial charge on any atom is 0.159 e. The molecular formula is C10H13F2NO. The van der Waals surface area contributed by atoms with Crippen LogP contribution in [-0.4, -0.2) is 26.1 Å². The molecule has 0 fully saturated rings. The Kier molecular flexibility index (Phi) is 3.55. The number of rotatable bonds is 3. The lowest BCUT2D eigenvalue weighted by atomic mass is 10.2. The van der Waals surface area contributed by atoms with Crippen molar-refractivity contribution in [2.75, 3.05) is 21.2 Å². The molecule has 0 radical (unpaired) electrons. The molecule has 1 atom stereocenters. The fourth-order valence-electron chi connectivity index (χ4n) is 1.31. The summed E-state index contributed by atoms with van der Waals surface area (Å²) in [5.41, 5.74) is 0.594. The van der Waals surface area contributed by atoms with Crippen LogP contribution in [-0.2, 0) is 4.74 Å². The highest BCUT2D eigenvalue weighted by Gasteiger charge is 2.14. The zero-order valence-corrected chi connectivity index (χ0v) is 8.42. The quantitative estimate of drug-likeness (QED) is 0.695. The van der Waals surface area contributed by atoms with Crippen LogP contribution in [0.2, 0.25) is 0 Å². The van der Waals surface area contributed by atoms with Gasteiger partial charge in [0.15, 0.2) is 11.6 Å². The van der Waals surface area contributed by atoms with Gasteiger partial charge in [-0.1, -0.05) is 6.07 Å². The summed E-state index contributed by atoms with van der Waals surface area (Å²) in [5.74, 6) is -1.70. The zero-order valence-electron chi connectivity index (χ0n) is 8.42. The van der Waals surface area contributed by atoms with Gasteiger partial charge in [0, 0.05) is 7.11 Å². The van der Waals surface area contributed by atoms with Crippen LogP contribution in [0.5, 0.6) is 0 Å². The molecule has 0 amide bonds. The van der Waals surface area contributed by atoms with E-state index in [2.05, 4.69) is 0 Å². The Balaban J connectivity index is 3.00. The third-order valence-electron chi connectivity index (χ3n) is 1.92. The van der Waals surface area contributed by atoms with Gasteiger partial charge in [-0.3, -0.25) is 4.90 Å². The summed E-state index contributed by atoms with van der Waals surface area (Å²) < 4.78 is 30.7. The molecule has 1 unspecified atom stereocenters. The number of methoxy groups -OCH3 is 1. The predicted molar refractivity (Wildman–Crippen MR) is 49.8 cm³/mol. The molecule has 0 aliphatic heterocycles. The van der Waals surface area contributed by atoms with Gasteiger partial charge in [0.2, 0.25) is 0 Å². The second kappa shape index (κ2) is 4.48. The summed E-state index contributed by atoms with van der Waals surface area (Å²) in [4.78, 5) is 1.77. The number of hydrogen-bond donors (Lipinski definition) is 0. The smallest absolute Gasteiger partial charge is 0.159 e. The van der Waals surface area contributed by atoms with Crippen molar-refractivity contribution in [1.29, 1.82) is 0 Å². The molecule has 0 saturated carbocycles. The molecule has 0 aliphatic carbocycles. The standard InChI is InChI=1S/C10H13F2NO/c1-13(2)10(14-3)7-4-5-8(11)9(12)6-7/h4-6,10H,1-3H3. The SMILES string of the molecule is COC(c1ccc(F)c(F)c1)N(C)C. The van der Waals surface area contributed by atoms with Gasteiger partial charge in [-0.15, -0.1) is 0 Å². The van der Waals surface area contributed by atoms with Gasteiger partial charge >= 0.3 is 0 Å². The molecule has 4 heteroatoms. The van der Waals surface area contributed by atoms with E-state index >= 15 is 0 Å². The van der Waals surface area contributed by atoms with Crippen LogP contribution in [0.25, 0.3) is 0 Å². The minimum atomic E-state index is -0.855. The van der Waals surface area contributed by atoms with Crippen molar-refractivity contribution in [2.45, 2.75) is 6.23 Å². The van der Waals surface area contributed by atoms with Crippen LogP contribution in [0.15, 0.2) is 18.2 Å². The van der Waals surface area contributed by atoms with E-state index in [1.54, 1.807) is 19.0 Å². The summed E-state index contributed by atoms with van der Waals surface area (Å²) in [6, 6.07) is 3.75. The highest BCUT2D eigenvalue weighted by molar-refractivity contribution is 5.19. The topological polar surface area (TPSA) is 12.5 Å². The Morgan fingerprint density at radius 3 is 2.29 bits per heavy atom. The fraction of sp³-hybridized carbons (Fsp3) is 0.400. The molecule has 0 aromatic heterocycles. The molecule has 0 heterocycles. The molecule has 0 spiro atoms. The number of benzene rings is 1. The molecule has 78 valence electrons. The minimum Gasteiger partial charge on any atom is -0.362 e. The number of hydrogen-bond acceptors (Lipinski definition) is 2. The number of halogens is 2. The largest absolute Gasteiger partial charge is 0.362 e.